The van der Waals surface area contributed by atoms with Crippen LogP contribution in [-0.4, -0.2) is 47.9 Å². The lowest BCUT2D eigenvalue weighted by atomic mass is 9.99. The molecule has 1 aromatic carbocycles. The number of rotatable bonds is 5. The average Bonchev–Trinajstić information content (AvgIpc) is 2.82. The van der Waals surface area contributed by atoms with E-state index in [9.17, 15) is 23.1 Å². The SMILES string of the molecule is Cn1c(C2CCOCC2)nc(C(=O)NCc2ccccc2C2CCCCS2(=O)=O)c(O)c1=O. The Kier molecular flexibility index (Phi) is 6.85. The molecule has 10 heteroatoms. The fraction of sp³-hybridized carbons (Fsp3) is 0.522. The van der Waals surface area contributed by atoms with Crippen molar-refractivity contribution in [2.45, 2.75) is 49.8 Å². The third-order valence-electron chi connectivity index (χ3n) is 6.52. The lowest BCUT2D eigenvalue weighted by molar-refractivity contribution is 0.0824. The minimum Gasteiger partial charge on any atom is -0.501 e. The molecule has 2 fully saturated rings. The third-order valence-corrected chi connectivity index (χ3v) is 8.74. The first-order valence-corrected chi connectivity index (χ1v) is 13.0. The van der Waals surface area contributed by atoms with Crippen LogP contribution in [0.5, 0.6) is 5.75 Å². The molecular weight excluding hydrogens is 446 g/mol. The van der Waals surface area contributed by atoms with Gasteiger partial charge in [0.25, 0.3) is 11.5 Å². The summed E-state index contributed by atoms with van der Waals surface area (Å²) >= 11 is 0. The quantitative estimate of drug-likeness (QED) is 0.676. The molecule has 2 aromatic rings. The maximum absolute atomic E-state index is 12.9. The summed E-state index contributed by atoms with van der Waals surface area (Å²) in [6.45, 7) is 1.15. The summed E-state index contributed by atoms with van der Waals surface area (Å²) in [5, 5.41) is 12.5. The highest BCUT2D eigenvalue weighted by molar-refractivity contribution is 7.91. The number of hydrogen-bond acceptors (Lipinski definition) is 7. The fourth-order valence-electron chi connectivity index (χ4n) is 4.66. The van der Waals surface area contributed by atoms with Crippen LogP contribution in [0.15, 0.2) is 29.1 Å². The molecule has 1 unspecified atom stereocenters. The Morgan fingerprint density at radius 3 is 2.67 bits per heavy atom. The lowest BCUT2D eigenvalue weighted by Crippen LogP contribution is -2.32. The van der Waals surface area contributed by atoms with Crippen LogP contribution in [0.4, 0.5) is 0 Å². The van der Waals surface area contributed by atoms with E-state index in [0.29, 0.717) is 55.8 Å². The van der Waals surface area contributed by atoms with Crippen LogP contribution in [0.1, 0.15) is 70.7 Å². The standard InChI is InChI=1S/C23H29N3O6S/c1-26-21(15-9-11-32-12-10-15)25-19(20(27)23(26)29)22(28)24-14-16-6-2-3-7-17(16)18-8-4-5-13-33(18,30)31/h2-3,6-7,15,18,27H,4-5,8-14H2,1H3,(H,24,28). The average molecular weight is 476 g/mol. The number of aromatic hydroxyl groups is 1. The molecule has 2 saturated heterocycles. The predicted molar refractivity (Wildman–Crippen MR) is 122 cm³/mol. The van der Waals surface area contributed by atoms with E-state index in [1.165, 1.54) is 11.6 Å². The smallest absolute Gasteiger partial charge is 0.296 e. The normalized spacial score (nSPS) is 20.9. The van der Waals surface area contributed by atoms with Gasteiger partial charge in [0, 0.05) is 32.7 Å². The van der Waals surface area contributed by atoms with E-state index in [0.717, 1.165) is 6.42 Å². The van der Waals surface area contributed by atoms with Crippen molar-refractivity contribution in [3.63, 3.8) is 0 Å². The second-order valence-electron chi connectivity index (χ2n) is 8.65. The molecule has 2 N–H and O–H groups in total. The molecule has 0 aliphatic carbocycles. The maximum atomic E-state index is 12.9. The molecule has 0 spiro atoms. The Hall–Kier alpha value is -2.72. The van der Waals surface area contributed by atoms with Crippen molar-refractivity contribution < 1.29 is 23.1 Å². The first kappa shape index (κ1) is 23.4. The van der Waals surface area contributed by atoms with E-state index >= 15 is 0 Å². The van der Waals surface area contributed by atoms with Gasteiger partial charge in [-0.3, -0.25) is 14.2 Å². The van der Waals surface area contributed by atoms with Crippen molar-refractivity contribution in [1.82, 2.24) is 14.9 Å². The van der Waals surface area contributed by atoms with Gasteiger partial charge in [-0.1, -0.05) is 30.7 Å². The molecule has 1 atom stereocenters. The Morgan fingerprint density at radius 2 is 1.94 bits per heavy atom. The van der Waals surface area contributed by atoms with Crippen molar-refractivity contribution in [1.29, 1.82) is 0 Å². The predicted octanol–water partition coefficient (Wildman–Crippen LogP) is 1.95. The van der Waals surface area contributed by atoms with Crippen LogP contribution in [-0.2, 0) is 28.2 Å². The van der Waals surface area contributed by atoms with Gasteiger partial charge in [0.2, 0.25) is 5.75 Å². The molecular formula is C23H29N3O6S. The summed E-state index contributed by atoms with van der Waals surface area (Å²) in [5.74, 6) is -0.812. The zero-order valence-corrected chi connectivity index (χ0v) is 19.4. The number of benzene rings is 1. The number of nitrogens with one attached hydrogen (secondary N) is 1. The zero-order chi connectivity index (χ0) is 23.6. The van der Waals surface area contributed by atoms with Crippen LogP contribution in [0.25, 0.3) is 0 Å². The number of hydrogen-bond donors (Lipinski definition) is 2. The van der Waals surface area contributed by atoms with Gasteiger partial charge in [-0.05, 0) is 36.8 Å². The highest BCUT2D eigenvalue weighted by Crippen LogP contribution is 2.35. The van der Waals surface area contributed by atoms with E-state index in [-0.39, 0.29) is 23.9 Å². The molecule has 0 bridgehead atoms. The number of carbonyl (C=O) groups is 1. The topological polar surface area (TPSA) is 128 Å². The summed E-state index contributed by atoms with van der Waals surface area (Å²) < 4.78 is 31.9. The van der Waals surface area contributed by atoms with Crippen LogP contribution in [0.3, 0.4) is 0 Å². The van der Waals surface area contributed by atoms with E-state index in [1.54, 1.807) is 24.3 Å². The first-order valence-electron chi connectivity index (χ1n) is 11.2. The Labute approximate surface area is 192 Å². The Morgan fingerprint density at radius 1 is 1.21 bits per heavy atom. The molecule has 2 aliphatic rings. The molecule has 2 aliphatic heterocycles. The van der Waals surface area contributed by atoms with Gasteiger partial charge in [-0.15, -0.1) is 0 Å². The van der Waals surface area contributed by atoms with Crippen molar-refractivity contribution in [2.75, 3.05) is 19.0 Å². The van der Waals surface area contributed by atoms with E-state index in [4.69, 9.17) is 4.74 Å². The summed E-state index contributed by atoms with van der Waals surface area (Å²) in [4.78, 5) is 29.8. The number of amides is 1. The van der Waals surface area contributed by atoms with E-state index < -0.39 is 32.3 Å². The number of nitrogens with zero attached hydrogens (tertiary/aromatic N) is 2. The number of sulfone groups is 1. The molecule has 9 nitrogen and oxygen atoms in total. The van der Waals surface area contributed by atoms with Crippen LogP contribution in [0.2, 0.25) is 0 Å². The van der Waals surface area contributed by atoms with Crippen molar-refractivity contribution in [3.8, 4) is 5.75 Å². The zero-order valence-electron chi connectivity index (χ0n) is 18.6. The van der Waals surface area contributed by atoms with Gasteiger partial charge in [0.15, 0.2) is 15.5 Å². The molecule has 33 heavy (non-hydrogen) atoms. The second-order valence-corrected chi connectivity index (χ2v) is 11.0. The molecule has 1 aromatic heterocycles. The minimum atomic E-state index is -3.24. The Bertz CT molecular complexity index is 1200. The molecule has 3 heterocycles. The minimum absolute atomic E-state index is 0.0409. The summed E-state index contributed by atoms with van der Waals surface area (Å²) in [7, 11) is -1.71. The summed E-state index contributed by atoms with van der Waals surface area (Å²) in [6.07, 6.45) is 3.41. The van der Waals surface area contributed by atoms with Gasteiger partial charge in [-0.2, -0.15) is 0 Å². The third kappa shape index (κ3) is 4.81. The van der Waals surface area contributed by atoms with E-state index in [1.807, 2.05) is 0 Å². The molecule has 0 saturated carbocycles. The van der Waals surface area contributed by atoms with Crippen LogP contribution >= 0.6 is 0 Å². The van der Waals surface area contributed by atoms with Crippen molar-refractivity contribution in [3.05, 3.63) is 57.3 Å². The number of aromatic nitrogens is 2. The number of ether oxygens (including phenoxy) is 1. The van der Waals surface area contributed by atoms with Crippen LogP contribution < -0.4 is 10.9 Å². The molecule has 1 amide bonds. The van der Waals surface area contributed by atoms with Crippen LogP contribution in [0, 0.1) is 0 Å². The van der Waals surface area contributed by atoms with E-state index in [2.05, 4.69) is 10.3 Å². The van der Waals surface area contributed by atoms with Gasteiger partial charge >= 0.3 is 0 Å². The Balaban J connectivity index is 1.58. The highest BCUT2D eigenvalue weighted by Gasteiger charge is 2.32. The van der Waals surface area contributed by atoms with Crippen molar-refractivity contribution >= 4 is 15.7 Å². The highest BCUT2D eigenvalue weighted by atomic mass is 32.2. The molecule has 0 radical (unpaired) electrons. The fourth-order valence-corrected chi connectivity index (χ4v) is 6.69. The van der Waals surface area contributed by atoms with Gasteiger partial charge in [0.1, 0.15) is 5.82 Å². The maximum Gasteiger partial charge on any atom is 0.296 e. The monoisotopic (exact) mass is 475 g/mol. The summed E-state index contributed by atoms with van der Waals surface area (Å²) in [6, 6.07) is 7.15. The van der Waals surface area contributed by atoms with Gasteiger partial charge in [-0.25, -0.2) is 13.4 Å². The second kappa shape index (κ2) is 9.64. The molecule has 4 rings (SSSR count). The number of carbonyl (C=O) groups excluding carboxylic acids is 1. The summed E-state index contributed by atoms with van der Waals surface area (Å²) in [5.41, 5.74) is 0.378. The van der Waals surface area contributed by atoms with Gasteiger partial charge < -0.3 is 15.2 Å². The largest absolute Gasteiger partial charge is 0.501 e. The van der Waals surface area contributed by atoms with Gasteiger partial charge in [0.05, 0.1) is 11.0 Å². The lowest BCUT2D eigenvalue weighted by Gasteiger charge is -2.25. The molecule has 178 valence electrons. The first-order chi connectivity index (χ1) is 15.8. The van der Waals surface area contributed by atoms with Crippen molar-refractivity contribution in [2.24, 2.45) is 7.05 Å².